The molecule has 1 atom stereocenters. The van der Waals surface area contributed by atoms with E-state index in [1.807, 2.05) is 12.1 Å². The molecule has 1 aromatic carbocycles. The molecule has 1 aliphatic carbocycles. The van der Waals surface area contributed by atoms with Gasteiger partial charge in [-0.2, -0.15) is 0 Å². The Hall–Kier alpha value is -2.08. The molecular formula is C15H16ClN3O3. The van der Waals surface area contributed by atoms with Gasteiger partial charge in [-0.05, 0) is 30.5 Å². The van der Waals surface area contributed by atoms with Crippen molar-refractivity contribution in [3.8, 4) is 0 Å². The summed E-state index contributed by atoms with van der Waals surface area (Å²) in [7, 11) is 0. The molecule has 1 saturated carbocycles. The predicted octanol–water partition coefficient (Wildman–Crippen LogP) is 1.23. The van der Waals surface area contributed by atoms with Crippen LogP contribution in [0.1, 0.15) is 24.8 Å². The topological polar surface area (TPSA) is 79.8 Å². The van der Waals surface area contributed by atoms with Crippen LogP contribution in [0.3, 0.4) is 0 Å². The van der Waals surface area contributed by atoms with Crippen LogP contribution in [0.15, 0.2) is 29.4 Å². The van der Waals surface area contributed by atoms with Gasteiger partial charge in [0, 0.05) is 17.5 Å². The van der Waals surface area contributed by atoms with Crippen molar-refractivity contribution in [3.63, 3.8) is 0 Å². The van der Waals surface area contributed by atoms with E-state index in [4.69, 9.17) is 16.4 Å². The van der Waals surface area contributed by atoms with Gasteiger partial charge in [0.15, 0.2) is 0 Å². The molecule has 0 spiro atoms. The molecule has 116 valence electrons. The lowest BCUT2D eigenvalue weighted by molar-refractivity contribution is -0.133. The van der Waals surface area contributed by atoms with Crippen molar-refractivity contribution in [2.75, 3.05) is 6.54 Å². The van der Waals surface area contributed by atoms with Gasteiger partial charge < -0.3 is 15.5 Å². The molecule has 0 saturated heterocycles. The standard InChI is InChI=1S/C15H16ClN3O3/c16-10-3-1-9(2-4-10)12-7-13(22-19-12)15(21)17-8-14(20)18-11-5-6-11/h1-4,11,13H,5-8H2,(H,17,21)(H,18,20)/t13-/m1/s1. The van der Waals surface area contributed by atoms with Crippen LogP contribution < -0.4 is 10.6 Å². The first-order valence-corrected chi connectivity index (χ1v) is 7.55. The first kappa shape index (κ1) is 14.8. The minimum Gasteiger partial charge on any atom is -0.382 e. The summed E-state index contributed by atoms with van der Waals surface area (Å²) in [6.07, 6.45) is 1.71. The Labute approximate surface area is 132 Å². The minimum absolute atomic E-state index is 0.0362. The third-order valence-electron chi connectivity index (χ3n) is 3.50. The van der Waals surface area contributed by atoms with E-state index in [0.717, 1.165) is 18.4 Å². The molecule has 6 nitrogen and oxygen atoms in total. The van der Waals surface area contributed by atoms with E-state index in [1.54, 1.807) is 12.1 Å². The number of hydrogen-bond acceptors (Lipinski definition) is 4. The number of rotatable bonds is 5. The highest BCUT2D eigenvalue weighted by Gasteiger charge is 2.29. The van der Waals surface area contributed by atoms with Crippen LogP contribution in [0.4, 0.5) is 0 Å². The van der Waals surface area contributed by atoms with Crippen LogP contribution in [-0.4, -0.2) is 36.2 Å². The fraction of sp³-hybridized carbons (Fsp3) is 0.400. The largest absolute Gasteiger partial charge is 0.382 e. The molecule has 1 heterocycles. The Bertz CT molecular complexity index is 611. The summed E-state index contributed by atoms with van der Waals surface area (Å²) in [5, 5.41) is 9.95. The van der Waals surface area contributed by atoms with Gasteiger partial charge in [-0.15, -0.1) is 0 Å². The molecule has 1 aliphatic heterocycles. The van der Waals surface area contributed by atoms with E-state index < -0.39 is 6.10 Å². The molecule has 0 radical (unpaired) electrons. The molecule has 0 aromatic heterocycles. The molecule has 1 fully saturated rings. The van der Waals surface area contributed by atoms with Crippen molar-refractivity contribution in [2.24, 2.45) is 5.16 Å². The van der Waals surface area contributed by atoms with Crippen molar-refractivity contribution in [2.45, 2.75) is 31.4 Å². The number of hydrogen-bond donors (Lipinski definition) is 2. The fourth-order valence-electron chi connectivity index (χ4n) is 2.12. The van der Waals surface area contributed by atoms with E-state index >= 15 is 0 Å². The third-order valence-corrected chi connectivity index (χ3v) is 3.76. The Morgan fingerprint density at radius 2 is 2.00 bits per heavy atom. The second-order valence-electron chi connectivity index (χ2n) is 5.40. The molecule has 1 aromatic rings. The van der Waals surface area contributed by atoms with Gasteiger partial charge in [-0.1, -0.05) is 28.9 Å². The molecule has 3 rings (SSSR count). The number of halogens is 1. The molecule has 0 unspecified atom stereocenters. The van der Waals surface area contributed by atoms with Crippen LogP contribution in [-0.2, 0) is 14.4 Å². The van der Waals surface area contributed by atoms with Crippen molar-refractivity contribution in [1.82, 2.24) is 10.6 Å². The van der Waals surface area contributed by atoms with Gasteiger partial charge >= 0.3 is 0 Å². The SMILES string of the molecule is O=C(CNC(=O)[C@H]1CC(c2ccc(Cl)cc2)=NO1)NC1CC1. The van der Waals surface area contributed by atoms with E-state index in [2.05, 4.69) is 15.8 Å². The van der Waals surface area contributed by atoms with Crippen LogP contribution in [0.5, 0.6) is 0 Å². The summed E-state index contributed by atoms with van der Waals surface area (Å²) >= 11 is 5.84. The van der Waals surface area contributed by atoms with Crippen molar-refractivity contribution < 1.29 is 14.4 Å². The average molecular weight is 322 g/mol. The zero-order valence-corrected chi connectivity index (χ0v) is 12.6. The summed E-state index contributed by atoms with van der Waals surface area (Å²) < 4.78 is 0. The molecule has 2 aliphatic rings. The summed E-state index contributed by atoms with van der Waals surface area (Å²) in [6, 6.07) is 7.46. The Balaban J connectivity index is 1.47. The van der Waals surface area contributed by atoms with Crippen molar-refractivity contribution in [1.29, 1.82) is 0 Å². The van der Waals surface area contributed by atoms with Crippen molar-refractivity contribution >= 4 is 29.1 Å². The zero-order valence-electron chi connectivity index (χ0n) is 11.8. The summed E-state index contributed by atoms with van der Waals surface area (Å²) in [4.78, 5) is 28.6. The van der Waals surface area contributed by atoms with Crippen LogP contribution in [0.2, 0.25) is 5.02 Å². The van der Waals surface area contributed by atoms with Crippen LogP contribution in [0.25, 0.3) is 0 Å². The van der Waals surface area contributed by atoms with E-state index in [9.17, 15) is 9.59 Å². The maximum Gasteiger partial charge on any atom is 0.264 e. The average Bonchev–Trinajstić information content (AvgIpc) is 3.18. The highest BCUT2D eigenvalue weighted by Crippen LogP contribution is 2.19. The number of nitrogens with zero attached hydrogens (tertiary/aromatic N) is 1. The summed E-state index contributed by atoms with van der Waals surface area (Å²) in [5.74, 6) is -0.508. The first-order chi connectivity index (χ1) is 10.6. The molecule has 22 heavy (non-hydrogen) atoms. The quantitative estimate of drug-likeness (QED) is 0.856. The van der Waals surface area contributed by atoms with Gasteiger partial charge in [0.05, 0.1) is 12.3 Å². The lowest BCUT2D eigenvalue weighted by atomic mass is 10.0. The number of amides is 2. The molecular weight excluding hydrogens is 306 g/mol. The normalized spacial score (nSPS) is 20.0. The van der Waals surface area contributed by atoms with Gasteiger partial charge in [0.2, 0.25) is 12.0 Å². The molecule has 2 amide bonds. The number of carbonyl (C=O) groups is 2. The maximum atomic E-state index is 12.0. The highest BCUT2D eigenvalue weighted by atomic mass is 35.5. The zero-order chi connectivity index (χ0) is 15.5. The lowest BCUT2D eigenvalue weighted by Crippen LogP contribution is -2.42. The Kier molecular flexibility index (Phi) is 4.29. The van der Waals surface area contributed by atoms with E-state index in [0.29, 0.717) is 17.2 Å². The van der Waals surface area contributed by atoms with Gasteiger partial charge in [0.25, 0.3) is 5.91 Å². The second-order valence-corrected chi connectivity index (χ2v) is 5.84. The number of carbonyl (C=O) groups excluding carboxylic acids is 2. The third kappa shape index (κ3) is 3.76. The lowest BCUT2D eigenvalue weighted by Gasteiger charge is -2.09. The van der Waals surface area contributed by atoms with E-state index in [1.165, 1.54) is 0 Å². The summed E-state index contributed by atoms with van der Waals surface area (Å²) in [6.45, 7) is -0.0362. The minimum atomic E-state index is -0.695. The van der Waals surface area contributed by atoms with E-state index in [-0.39, 0.29) is 24.4 Å². The smallest absolute Gasteiger partial charge is 0.264 e. The fourth-order valence-corrected chi connectivity index (χ4v) is 2.24. The second kappa shape index (κ2) is 6.36. The van der Waals surface area contributed by atoms with Crippen molar-refractivity contribution in [3.05, 3.63) is 34.9 Å². The van der Waals surface area contributed by atoms with Crippen LogP contribution >= 0.6 is 11.6 Å². The van der Waals surface area contributed by atoms with Gasteiger partial charge in [-0.25, -0.2) is 0 Å². The highest BCUT2D eigenvalue weighted by molar-refractivity contribution is 6.30. The number of benzene rings is 1. The summed E-state index contributed by atoms with van der Waals surface area (Å²) in [5.41, 5.74) is 1.56. The predicted molar refractivity (Wildman–Crippen MR) is 81.7 cm³/mol. The monoisotopic (exact) mass is 321 g/mol. The molecule has 2 N–H and O–H groups in total. The number of nitrogens with one attached hydrogen (secondary N) is 2. The Morgan fingerprint density at radius 3 is 2.68 bits per heavy atom. The maximum absolute atomic E-state index is 12.0. The molecule has 7 heteroatoms. The van der Waals surface area contributed by atoms with Crippen LogP contribution in [0, 0.1) is 0 Å². The molecule has 0 bridgehead atoms. The first-order valence-electron chi connectivity index (χ1n) is 7.17. The van der Waals surface area contributed by atoms with Gasteiger partial charge in [-0.3, -0.25) is 9.59 Å². The number of oxime groups is 1. The Morgan fingerprint density at radius 1 is 1.27 bits per heavy atom. The van der Waals surface area contributed by atoms with Gasteiger partial charge in [0.1, 0.15) is 0 Å².